The highest BCUT2D eigenvalue weighted by Crippen LogP contribution is 2.26. The highest BCUT2D eigenvalue weighted by molar-refractivity contribution is 9.10. The van der Waals surface area contributed by atoms with Crippen LogP contribution < -0.4 is 11.5 Å². The van der Waals surface area contributed by atoms with Gasteiger partial charge in [0.05, 0.1) is 5.69 Å². The Kier molecular flexibility index (Phi) is 2.40. The van der Waals surface area contributed by atoms with Gasteiger partial charge < -0.3 is 11.5 Å². The van der Waals surface area contributed by atoms with E-state index in [9.17, 15) is 0 Å². The quantitative estimate of drug-likeness (QED) is 0.776. The largest absolute Gasteiger partial charge is 0.398 e. The second-order valence-electron chi connectivity index (χ2n) is 3.31. The smallest absolute Gasteiger partial charge is 0.121 e. The first-order valence-corrected chi connectivity index (χ1v) is 5.22. The standard InChI is InChI=1S/C10H11BrN4/c1-15-10(13)5-9(14-15)6-2-3-7(11)8(12)4-6/h2-5H,12-13H2,1H3. The summed E-state index contributed by atoms with van der Waals surface area (Å²) < 4.78 is 2.52. The average Bonchev–Trinajstić information content (AvgIpc) is 2.52. The molecule has 0 spiro atoms. The maximum absolute atomic E-state index is 5.79. The van der Waals surface area contributed by atoms with Crippen molar-refractivity contribution in [2.75, 3.05) is 11.5 Å². The fraction of sp³-hybridized carbons (Fsp3) is 0.100. The molecule has 0 amide bonds. The van der Waals surface area contributed by atoms with Crippen LogP contribution in [0.5, 0.6) is 0 Å². The molecule has 0 saturated heterocycles. The first-order valence-electron chi connectivity index (χ1n) is 4.43. The number of rotatable bonds is 1. The molecule has 0 radical (unpaired) electrons. The number of halogens is 1. The number of nitrogen functional groups attached to an aromatic ring is 2. The number of aromatic nitrogens is 2. The van der Waals surface area contributed by atoms with Gasteiger partial charge in [0, 0.05) is 28.8 Å². The summed E-state index contributed by atoms with van der Waals surface area (Å²) in [7, 11) is 1.81. The fourth-order valence-electron chi connectivity index (χ4n) is 1.33. The van der Waals surface area contributed by atoms with Crippen molar-refractivity contribution in [3.05, 3.63) is 28.7 Å². The monoisotopic (exact) mass is 266 g/mol. The van der Waals surface area contributed by atoms with Gasteiger partial charge in [-0.25, -0.2) is 0 Å². The van der Waals surface area contributed by atoms with Crippen LogP contribution in [0.2, 0.25) is 0 Å². The minimum Gasteiger partial charge on any atom is -0.398 e. The number of nitrogens with zero attached hydrogens (tertiary/aromatic N) is 2. The molecule has 1 heterocycles. The number of benzene rings is 1. The minimum atomic E-state index is 0.631. The lowest BCUT2D eigenvalue weighted by atomic mass is 10.1. The van der Waals surface area contributed by atoms with Gasteiger partial charge in [-0.2, -0.15) is 5.10 Å². The molecule has 0 aliphatic rings. The third-order valence-electron chi connectivity index (χ3n) is 2.21. The van der Waals surface area contributed by atoms with Crippen LogP contribution in [0.1, 0.15) is 0 Å². The van der Waals surface area contributed by atoms with E-state index in [1.165, 1.54) is 0 Å². The Bertz CT molecular complexity index is 485. The number of aryl methyl sites for hydroxylation is 1. The normalized spacial score (nSPS) is 10.5. The van der Waals surface area contributed by atoms with Crippen LogP contribution in [0.25, 0.3) is 11.3 Å². The summed E-state index contributed by atoms with van der Waals surface area (Å²) in [6, 6.07) is 7.53. The zero-order valence-electron chi connectivity index (χ0n) is 8.24. The third-order valence-corrected chi connectivity index (χ3v) is 2.93. The van der Waals surface area contributed by atoms with Crippen LogP contribution >= 0.6 is 15.9 Å². The van der Waals surface area contributed by atoms with Crippen molar-refractivity contribution in [3.8, 4) is 11.3 Å². The van der Waals surface area contributed by atoms with Crippen molar-refractivity contribution >= 4 is 27.4 Å². The van der Waals surface area contributed by atoms with Crippen LogP contribution in [-0.4, -0.2) is 9.78 Å². The van der Waals surface area contributed by atoms with E-state index in [0.717, 1.165) is 15.7 Å². The van der Waals surface area contributed by atoms with Gasteiger partial charge in [-0.3, -0.25) is 4.68 Å². The molecular weight excluding hydrogens is 256 g/mol. The Morgan fingerprint density at radius 2 is 2.00 bits per heavy atom. The molecule has 0 aliphatic carbocycles. The topological polar surface area (TPSA) is 69.9 Å². The van der Waals surface area contributed by atoms with Crippen LogP contribution in [-0.2, 0) is 7.05 Å². The lowest BCUT2D eigenvalue weighted by Gasteiger charge is -2.00. The molecule has 0 bridgehead atoms. The summed E-state index contributed by atoms with van der Waals surface area (Å²) in [5, 5.41) is 4.27. The van der Waals surface area contributed by atoms with Gasteiger partial charge in [-0.1, -0.05) is 6.07 Å². The Morgan fingerprint density at radius 1 is 1.27 bits per heavy atom. The van der Waals surface area contributed by atoms with E-state index < -0.39 is 0 Å². The van der Waals surface area contributed by atoms with Crippen molar-refractivity contribution in [1.82, 2.24) is 9.78 Å². The molecule has 0 unspecified atom stereocenters. The lowest BCUT2D eigenvalue weighted by Crippen LogP contribution is -1.96. The Morgan fingerprint density at radius 3 is 2.53 bits per heavy atom. The Balaban J connectivity index is 2.49. The van der Waals surface area contributed by atoms with E-state index in [-0.39, 0.29) is 0 Å². The van der Waals surface area contributed by atoms with Gasteiger partial charge in [-0.05, 0) is 28.1 Å². The predicted molar refractivity (Wildman–Crippen MR) is 65.2 cm³/mol. The molecule has 4 nitrogen and oxygen atoms in total. The second-order valence-corrected chi connectivity index (χ2v) is 4.17. The molecule has 0 saturated carbocycles. The van der Waals surface area contributed by atoms with E-state index in [1.807, 2.05) is 24.3 Å². The lowest BCUT2D eigenvalue weighted by molar-refractivity contribution is 0.782. The van der Waals surface area contributed by atoms with Gasteiger partial charge in [-0.15, -0.1) is 0 Å². The van der Waals surface area contributed by atoms with Gasteiger partial charge in [0.1, 0.15) is 5.82 Å². The third kappa shape index (κ3) is 1.83. The van der Waals surface area contributed by atoms with Crippen molar-refractivity contribution in [2.45, 2.75) is 0 Å². The van der Waals surface area contributed by atoms with Crippen LogP contribution in [0, 0.1) is 0 Å². The van der Waals surface area contributed by atoms with Crippen molar-refractivity contribution in [3.63, 3.8) is 0 Å². The summed E-state index contributed by atoms with van der Waals surface area (Å²) >= 11 is 3.35. The molecule has 1 aromatic carbocycles. The zero-order chi connectivity index (χ0) is 11.0. The van der Waals surface area contributed by atoms with Gasteiger partial charge in [0.15, 0.2) is 0 Å². The predicted octanol–water partition coefficient (Wildman–Crippen LogP) is 2.01. The Labute approximate surface area is 96.0 Å². The summed E-state index contributed by atoms with van der Waals surface area (Å²) in [6.45, 7) is 0. The fourth-order valence-corrected chi connectivity index (χ4v) is 1.57. The molecule has 15 heavy (non-hydrogen) atoms. The van der Waals surface area contributed by atoms with E-state index in [2.05, 4.69) is 21.0 Å². The molecule has 1 aromatic heterocycles. The Hall–Kier alpha value is -1.49. The van der Waals surface area contributed by atoms with E-state index in [0.29, 0.717) is 11.5 Å². The number of hydrogen-bond donors (Lipinski definition) is 2. The van der Waals surface area contributed by atoms with Gasteiger partial charge >= 0.3 is 0 Å². The molecule has 0 fully saturated rings. The molecule has 5 heteroatoms. The average molecular weight is 267 g/mol. The maximum Gasteiger partial charge on any atom is 0.121 e. The van der Waals surface area contributed by atoms with E-state index in [4.69, 9.17) is 11.5 Å². The zero-order valence-corrected chi connectivity index (χ0v) is 9.82. The van der Waals surface area contributed by atoms with Crippen molar-refractivity contribution in [1.29, 1.82) is 0 Å². The SMILES string of the molecule is Cn1nc(-c2ccc(Br)c(N)c2)cc1N. The number of nitrogens with two attached hydrogens (primary N) is 2. The summed E-state index contributed by atoms with van der Waals surface area (Å²) in [4.78, 5) is 0. The molecule has 0 aliphatic heterocycles. The van der Waals surface area contributed by atoms with E-state index in [1.54, 1.807) is 11.7 Å². The summed E-state index contributed by atoms with van der Waals surface area (Å²) in [6.07, 6.45) is 0. The summed E-state index contributed by atoms with van der Waals surface area (Å²) in [5.74, 6) is 0.631. The highest BCUT2D eigenvalue weighted by Gasteiger charge is 2.06. The van der Waals surface area contributed by atoms with Crippen LogP contribution in [0.3, 0.4) is 0 Å². The maximum atomic E-state index is 5.79. The van der Waals surface area contributed by atoms with Crippen LogP contribution in [0.15, 0.2) is 28.7 Å². The van der Waals surface area contributed by atoms with E-state index >= 15 is 0 Å². The molecule has 4 N–H and O–H groups in total. The van der Waals surface area contributed by atoms with Crippen LogP contribution in [0.4, 0.5) is 11.5 Å². The highest BCUT2D eigenvalue weighted by atomic mass is 79.9. The molecule has 2 rings (SSSR count). The number of anilines is 2. The van der Waals surface area contributed by atoms with Crippen molar-refractivity contribution < 1.29 is 0 Å². The first-order chi connectivity index (χ1) is 7.08. The molecule has 78 valence electrons. The van der Waals surface area contributed by atoms with Gasteiger partial charge in [0.2, 0.25) is 0 Å². The summed E-state index contributed by atoms with van der Waals surface area (Å²) in [5.41, 5.74) is 14.0. The molecular formula is C10H11BrN4. The minimum absolute atomic E-state index is 0.631. The first kappa shape index (κ1) is 10.0. The van der Waals surface area contributed by atoms with Crippen molar-refractivity contribution in [2.24, 2.45) is 7.05 Å². The molecule has 2 aromatic rings. The molecule has 0 atom stereocenters. The number of hydrogen-bond acceptors (Lipinski definition) is 3. The second kappa shape index (κ2) is 3.58. The van der Waals surface area contributed by atoms with Gasteiger partial charge in [0.25, 0.3) is 0 Å².